The molecular formula is C13H16N4O2. The van der Waals surface area contributed by atoms with Gasteiger partial charge in [0.15, 0.2) is 0 Å². The molecule has 2 N–H and O–H groups in total. The molecule has 19 heavy (non-hydrogen) atoms. The number of nitrogens with zero attached hydrogens (tertiary/aromatic N) is 3. The van der Waals surface area contributed by atoms with Gasteiger partial charge in [-0.05, 0) is 25.1 Å². The summed E-state index contributed by atoms with van der Waals surface area (Å²) in [7, 11) is 1.95. The van der Waals surface area contributed by atoms with Gasteiger partial charge < -0.3 is 10.6 Å². The molecule has 100 valence electrons. The Kier molecular flexibility index (Phi) is 3.91. The Morgan fingerprint density at radius 3 is 2.84 bits per heavy atom. The number of nitrogens with two attached hydrogens (primary N) is 1. The SMILES string of the molecule is CN(CCCN)c1ccc([N+](=O)[O-])c2ccncc12. The van der Waals surface area contributed by atoms with Gasteiger partial charge in [0, 0.05) is 43.1 Å². The maximum Gasteiger partial charge on any atom is 0.277 e. The Morgan fingerprint density at radius 1 is 1.37 bits per heavy atom. The van der Waals surface area contributed by atoms with Gasteiger partial charge in [-0.2, -0.15) is 0 Å². The number of aromatic nitrogens is 1. The molecule has 0 saturated carbocycles. The molecule has 0 amide bonds. The molecule has 1 aromatic carbocycles. The fraction of sp³-hybridized carbons (Fsp3) is 0.308. The van der Waals surface area contributed by atoms with Crippen molar-refractivity contribution >= 4 is 22.1 Å². The van der Waals surface area contributed by atoms with Gasteiger partial charge in [-0.1, -0.05) is 0 Å². The molecule has 0 bridgehead atoms. The largest absolute Gasteiger partial charge is 0.374 e. The molecule has 0 fully saturated rings. The van der Waals surface area contributed by atoms with Crippen LogP contribution in [-0.2, 0) is 0 Å². The van der Waals surface area contributed by atoms with Crippen LogP contribution in [0, 0.1) is 10.1 Å². The van der Waals surface area contributed by atoms with Crippen molar-refractivity contribution in [3.8, 4) is 0 Å². The van der Waals surface area contributed by atoms with Crippen LogP contribution < -0.4 is 10.6 Å². The quantitative estimate of drug-likeness (QED) is 0.655. The molecule has 2 rings (SSSR count). The third kappa shape index (κ3) is 2.63. The molecule has 2 aromatic rings. The van der Waals surface area contributed by atoms with Crippen molar-refractivity contribution in [2.24, 2.45) is 5.73 Å². The van der Waals surface area contributed by atoms with E-state index in [1.165, 1.54) is 6.07 Å². The minimum absolute atomic E-state index is 0.105. The Hall–Kier alpha value is -2.21. The zero-order chi connectivity index (χ0) is 13.8. The van der Waals surface area contributed by atoms with E-state index in [9.17, 15) is 10.1 Å². The highest BCUT2D eigenvalue weighted by Gasteiger charge is 2.15. The van der Waals surface area contributed by atoms with E-state index in [1.807, 2.05) is 11.9 Å². The first-order valence-corrected chi connectivity index (χ1v) is 6.07. The second-order valence-corrected chi connectivity index (χ2v) is 4.35. The third-order valence-corrected chi connectivity index (χ3v) is 3.08. The van der Waals surface area contributed by atoms with Crippen molar-refractivity contribution in [1.29, 1.82) is 0 Å². The molecule has 0 unspecified atom stereocenters. The van der Waals surface area contributed by atoms with E-state index in [2.05, 4.69) is 4.98 Å². The van der Waals surface area contributed by atoms with Gasteiger partial charge in [0.1, 0.15) is 0 Å². The molecule has 0 aliphatic rings. The number of fused-ring (bicyclic) bond motifs is 1. The van der Waals surface area contributed by atoms with Crippen LogP contribution in [0.2, 0.25) is 0 Å². The van der Waals surface area contributed by atoms with Crippen molar-refractivity contribution in [1.82, 2.24) is 4.98 Å². The van der Waals surface area contributed by atoms with E-state index >= 15 is 0 Å². The maximum absolute atomic E-state index is 11.0. The van der Waals surface area contributed by atoms with Gasteiger partial charge >= 0.3 is 0 Å². The van der Waals surface area contributed by atoms with Crippen molar-refractivity contribution in [3.63, 3.8) is 0 Å². The van der Waals surface area contributed by atoms with E-state index in [0.717, 1.165) is 24.0 Å². The zero-order valence-electron chi connectivity index (χ0n) is 10.7. The van der Waals surface area contributed by atoms with Crippen LogP contribution in [0.1, 0.15) is 6.42 Å². The molecule has 1 heterocycles. The summed E-state index contributed by atoms with van der Waals surface area (Å²) in [6.45, 7) is 1.42. The summed E-state index contributed by atoms with van der Waals surface area (Å²) in [6, 6.07) is 4.98. The van der Waals surface area contributed by atoms with Crippen LogP contribution in [0.4, 0.5) is 11.4 Å². The second-order valence-electron chi connectivity index (χ2n) is 4.35. The lowest BCUT2D eigenvalue weighted by Crippen LogP contribution is -2.21. The van der Waals surface area contributed by atoms with E-state index < -0.39 is 0 Å². The van der Waals surface area contributed by atoms with Crippen molar-refractivity contribution in [2.45, 2.75) is 6.42 Å². The molecule has 1 aromatic heterocycles. The van der Waals surface area contributed by atoms with Crippen LogP contribution in [0.15, 0.2) is 30.6 Å². The standard InChI is InChI=1S/C13H16N4O2/c1-16(8-2-6-14)12-3-4-13(17(18)19)10-5-7-15-9-11(10)12/h3-5,7,9H,2,6,8,14H2,1H3. The lowest BCUT2D eigenvalue weighted by Gasteiger charge is -2.20. The number of pyridine rings is 1. The Labute approximate surface area is 111 Å². The summed E-state index contributed by atoms with van der Waals surface area (Å²) in [5.41, 5.74) is 6.54. The number of benzene rings is 1. The van der Waals surface area contributed by atoms with E-state index in [4.69, 9.17) is 5.73 Å². The summed E-state index contributed by atoms with van der Waals surface area (Å²) in [5.74, 6) is 0. The molecule has 0 atom stereocenters. The van der Waals surface area contributed by atoms with Crippen molar-refractivity contribution in [3.05, 3.63) is 40.7 Å². The summed E-state index contributed by atoms with van der Waals surface area (Å²) < 4.78 is 0. The molecule has 0 saturated heterocycles. The number of hydrogen-bond donors (Lipinski definition) is 1. The first-order valence-electron chi connectivity index (χ1n) is 6.07. The van der Waals surface area contributed by atoms with Crippen LogP contribution in [-0.4, -0.2) is 30.0 Å². The molecular weight excluding hydrogens is 244 g/mol. The number of hydrogen-bond acceptors (Lipinski definition) is 5. The number of nitro groups is 1. The van der Waals surface area contributed by atoms with Gasteiger partial charge in [0.2, 0.25) is 0 Å². The third-order valence-electron chi connectivity index (χ3n) is 3.08. The number of nitro benzene ring substituents is 1. The topological polar surface area (TPSA) is 85.3 Å². The average molecular weight is 260 g/mol. The van der Waals surface area contributed by atoms with Gasteiger partial charge in [0.05, 0.1) is 10.3 Å². The first kappa shape index (κ1) is 13.2. The molecule has 0 aliphatic carbocycles. The Balaban J connectivity index is 2.52. The smallest absolute Gasteiger partial charge is 0.277 e. The van der Waals surface area contributed by atoms with Crippen molar-refractivity contribution in [2.75, 3.05) is 25.0 Å². The lowest BCUT2D eigenvalue weighted by molar-refractivity contribution is -0.383. The van der Waals surface area contributed by atoms with Gasteiger partial charge in [0.25, 0.3) is 5.69 Å². The van der Waals surface area contributed by atoms with Crippen LogP contribution in [0.5, 0.6) is 0 Å². The lowest BCUT2D eigenvalue weighted by atomic mass is 10.1. The number of anilines is 1. The van der Waals surface area contributed by atoms with Crippen LogP contribution in [0.3, 0.4) is 0 Å². The highest BCUT2D eigenvalue weighted by atomic mass is 16.6. The minimum Gasteiger partial charge on any atom is -0.374 e. The van der Waals surface area contributed by atoms with Crippen molar-refractivity contribution < 1.29 is 4.92 Å². The fourth-order valence-corrected chi connectivity index (χ4v) is 2.10. The predicted molar refractivity (Wildman–Crippen MR) is 75.3 cm³/mol. The Morgan fingerprint density at radius 2 is 2.16 bits per heavy atom. The summed E-state index contributed by atoms with van der Waals surface area (Å²) in [5, 5.41) is 12.4. The average Bonchev–Trinajstić information content (AvgIpc) is 2.43. The highest BCUT2D eigenvalue weighted by Crippen LogP contribution is 2.32. The summed E-state index contributed by atoms with van der Waals surface area (Å²) >= 11 is 0. The van der Waals surface area contributed by atoms with Crippen LogP contribution in [0.25, 0.3) is 10.8 Å². The number of rotatable bonds is 5. The molecule has 0 radical (unpaired) electrons. The minimum atomic E-state index is -0.369. The van der Waals surface area contributed by atoms with E-state index in [0.29, 0.717) is 11.9 Å². The molecule has 6 nitrogen and oxygen atoms in total. The second kappa shape index (κ2) is 5.62. The van der Waals surface area contributed by atoms with Gasteiger partial charge in [-0.3, -0.25) is 15.1 Å². The molecule has 0 spiro atoms. The predicted octanol–water partition coefficient (Wildman–Crippen LogP) is 1.93. The normalized spacial score (nSPS) is 10.6. The monoisotopic (exact) mass is 260 g/mol. The van der Waals surface area contributed by atoms with Gasteiger partial charge in [-0.15, -0.1) is 0 Å². The van der Waals surface area contributed by atoms with Crippen LogP contribution >= 0.6 is 0 Å². The summed E-state index contributed by atoms with van der Waals surface area (Å²) in [6.07, 6.45) is 4.10. The first-order chi connectivity index (χ1) is 9.15. The highest BCUT2D eigenvalue weighted by molar-refractivity contribution is 5.99. The zero-order valence-corrected chi connectivity index (χ0v) is 10.7. The van der Waals surface area contributed by atoms with E-state index in [1.54, 1.807) is 24.5 Å². The summed E-state index contributed by atoms with van der Waals surface area (Å²) in [4.78, 5) is 16.8. The fourth-order valence-electron chi connectivity index (χ4n) is 2.10. The Bertz CT molecular complexity index is 600. The maximum atomic E-state index is 11.0. The van der Waals surface area contributed by atoms with Gasteiger partial charge in [-0.25, -0.2) is 0 Å². The molecule has 0 aliphatic heterocycles. The van der Waals surface area contributed by atoms with E-state index in [-0.39, 0.29) is 10.6 Å². The molecule has 6 heteroatoms. The number of non-ortho nitro benzene ring substituents is 1.